The molecular formula is C27H34N4OS. The van der Waals surface area contributed by atoms with Crippen LogP contribution in [-0.4, -0.2) is 35.1 Å². The first kappa shape index (κ1) is 22.4. The Morgan fingerprint density at radius 2 is 2.06 bits per heavy atom. The van der Waals surface area contributed by atoms with Gasteiger partial charge in [-0.05, 0) is 73.6 Å². The minimum Gasteiger partial charge on any atom is -0.401 e. The predicted molar refractivity (Wildman–Crippen MR) is 139 cm³/mol. The van der Waals surface area contributed by atoms with Crippen LogP contribution in [0.1, 0.15) is 61.8 Å². The van der Waals surface area contributed by atoms with Crippen molar-refractivity contribution in [2.75, 3.05) is 25.0 Å². The summed E-state index contributed by atoms with van der Waals surface area (Å²) in [5.74, 6) is 0. The van der Waals surface area contributed by atoms with Gasteiger partial charge in [-0.3, -0.25) is 4.90 Å². The molecule has 1 fully saturated rings. The summed E-state index contributed by atoms with van der Waals surface area (Å²) in [5, 5.41) is 7.28. The van der Waals surface area contributed by atoms with Crippen LogP contribution in [0.4, 0.5) is 5.69 Å². The molecule has 174 valence electrons. The zero-order valence-corrected chi connectivity index (χ0v) is 20.1. The second kappa shape index (κ2) is 9.84. The number of hydrogen-bond donors (Lipinski definition) is 4. The van der Waals surface area contributed by atoms with Crippen molar-refractivity contribution in [1.29, 1.82) is 0 Å². The standard InChI is InChI=1S/C27H34N4OS/c1-18(28)27-24-9-8-20(19-11-14-31(15-12-19)22-5-3-6-22)16-25(24)26(10-13-29-27)30-21-4-2-7-23(17-21)33-32/h2,4,7-9,11,16-17,22,26,29-30,32H,3,5-6,10,12-15,28H2,1H3/b27-18-. The summed E-state index contributed by atoms with van der Waals surface area (Å²) in [6, 6.07) is 15.8. The first-order valence-corrected chi connectivity index (χ1v) is 12.9. The lowest BCUT2D eigenvalue weighted by Gasteiger charge is -2.39. The normalized spacial score (nSPS) is 23.0. The van der Waals surface area contributed by atoms with E-state index in [0.29, 0.717) is 0 Å². The highest BCUT2D eigenvalue weighted by atomic mass is 32.2. The van der Waals surface area contributed by atoms with Crippen molar-refractivity contribution in [1.82, 2.24) is 10.2 Å². The SMILES string of the molecule is C/C(N)=C1/NCCC(Nc2cccc(SO)c2)c2cc(C3=CCN(C4CCC4)CC3)ccc21. The molecule has 0 aromatic heterocycles. The summed E-state index contributed by atoms with van der Waals surface area (Å²) in [6.07, 6.45) is 8.62. The molecule has 6 heteroatoms. The molecule has 0 saturated heterocycles. The quantitative estimate of drug-likeness (QED) is 0.428. The van der Waals surface area contributed by atoms with Gasteiger partial charge in [-0.1, -0.05) is 30.7 Å². The lowest BCUT2D eigenvalue weighted by Crippen LogP contribution is -2.42. The Labute approximate surface area is 201 Å². The van der Waals surface area contributed by atoms with E-state index < -0.39 is 0 Å². The molecule has 1 aliphatic carbocycles. The van der Waals surface area contributed by atoms with E-state index in [1.807, 2.05) is 25.1 Å². The molecule has 0 bridgehead atoms. The molecule has 33 heavy (non-hydrogen) atoms. The fourth-order valence-electron chi connectivity index (χ4n) is 5.25. The van der Waals surface area contributed by atoms with E-state index in [1.54, 1.807) is 0 Å². The minimum atomic E-state index is 0.152. The fourth-order valence-corrected chi connectivity index (χ4v) is 5.57. The van der Waals surface area contributed by atoms with E-state index in [9.17, 15) is 4.55 Å². The van der Waals surface area contributed by atoms with Gasteiger partial charge < -0.3 is 20.9 Å². The van der Waals surface area contributed by atoms with Gasteiger partial charge in [-0.15, -0.1) is 0 Å². The van der Waals surface area contributed by atoms with E-state index >= 15 is 0 Å². The van der Waals surface area contributed by atoms with Gasteiger partial charge in [0.1, 0.15) is 0 Å². The monoisotopic (exact) mass is 462 g/mol. The summed E-state index contributed by atoms with van der Waals surface area (Å²) in [5.41, 5.74) is 14.4. The van der Waals surface area contributed by atoms with E-state index in [4.69, 9.17) is 5.73 Å². The van der Waals surface area contributed by atoms with Crippen molar-refractivity contribution >= 4 is 29.0 Å². The summed E-state index contributed by atoms with van der Waals surface area (Å²) < 4.78 is 9.47. The topological polar surface area (TPSA) is 73.5 Å². The molecule has 0 spiro atoms. The lowest BCUT2D eigenvalue weighted by atomic mass is 9.88. The molecular weight excluding hydrogens is 428 g/mol. The third kappa shape index (κ3) is 4.79. The molecule has 1 saturated carbocycles. The minimum absolute atomic E-state index is 0.152. The van der Waals surface area contributed by atoms with Crippen LogP contribution in [0.2, 0.25) is 0 Å². The maximum atomic E-state index is 9.47. The average molecular weight is 463 g/mol. The molecule has 5 nitrogen and oxygen atoms in total. The Morgan fingerprint density at radius 3 is 2.76 bits per heavy atom. The van der Waals surface area contributed by atoms with Gasteiger partial charge in [0.25, 0.3) is 0 Å². The highest BCUT2D eigenvalue weighted by Crippen LogP contribution is 2.36. The second-order valence-corrected chi connectivity index (χ2v) is 10.1. The molecule has 3 aliphatic rings. The smallest absolute Gasteiger partial charge is 0.0605 e. The number of nitrogens with two attached hydrogens (primary N) is 1. The van der Waals surface area contributed by atoms with Gasteiger partial charge in [0.2, 0.25) is 0 Å². The van der Waals surface area contributed by atoms with Crippen LogP contribution in [0.25, 0.3) is 11.3 Å². The Kier molecular flexibility index (Phi) is 6.67. The van der Waals surface area contributed by atoms with E-state index in [1.165, 1.54) is 41.5 Å². The summed E-state index contributed by atoms with van der Waals surface area (Å²) in [4.78, 5) is 3.48. The Bertz CT molecular complexity index is 1070. The van der Waals surface area contributed by atoms with Gasteiger partial charge in [0, 0.05) is 59.6 Å². The third-order valence-corrected chi connectivity index (χ3v) is 7.77. The van der Waals surface area contributed by atoms with E-state index in [-0.39, 0.29) is 6.04 Å². The maximum absolute atomic E-state index is 9.47. The fraction of sp³-hybridized carbons (Fsp3) is 0.407. The van der Waals surface area contributed by atoms with Crippen LogP contribution >= 0.6 is 12.0 Å². The highest BCUT2D eigenvalue weighted by molar-refractivity contribution is 7.93. The molecule has 5 N–H and O–H groups in total. The molecule has 2 heterocycles. The van der Waals surface area contributed by atoms with Crippen molar-refractivity contribution in [3.8, 4) is 0 Å². The zero-order valence-electron chi connectivity index (χ0n) is 19.3. The van der Waals surface area contributed by atoms with Gasteiger partial charge in [0.15, 0.2) is 0 Å². The van der Waals surface area contributed by atoms with Crippen LogP contribution in [0.15, 0.2) is 59.1 Å². The van der Waals surface area contributed by atoms with Gasteiger partial charge in [0.05, 0.1) is 11.7 Å². The number of hydrogen-bond acceptors (Lipinski definition) is 6. The lowest BCUT2D eigenvalue weighted by molar-refractivity contribution is 0.141. The molecule has 1 unspecified atom stereocenters. The van der Waals surface area contributed by atoms with Gasteiger partial charge in [-0.2, -0.15) is 0 Å². The number of rotatable bonds is 5. The van der Waals surface area contributed by atoms with Gasteiger partial charge >= 0.3 is 0 Å². The molecule has 0 radical (unpaired) electrons. The van der Waals surface area contributed by atoms with E-state index in [2.05, 4.69) is 45.9 Å². The van der Waals surface area contributed by atoms with Crippen LogP contribution in [0, 0.1) is 0 Å². The van der Waals surface area contributed by atoms with E-state index in [0.717, 1.165) is 72.5 Å². The number of allylic oxidation sites excluding steroid dienone is 1. The van der Waals surface area contributed by atoms with Crippen molar-refractivity contribution in [2.45, 2.75) is 56.0 Å². The Hall–Kier alpha value is -2.41. The van der Waals surface area contributed by atoms with Crippen LogP contribution < -0.4 is 16.4 Å². The zero-order chi connectivity index (χ0) is 22.8. The number of fused-ring (bicyclic) bond motifs is 1. The second-order valence-electron chi connectivity index (χ2n) is 9.45. The van der Waals surface area contributed by atoms with Crippen molar-refractivity contribution in [3.05, 3.63) is 70.9 Å². The van der Waals surface area contributed by atoms with Crippen LogP contribution in [-0.2, 0) is 0 Å². The van der Waals surface area contributed by atoms with Crippen LogP contribution in [0.5, 0.6) is 0 Å². The number of anilines is 1. The molecule has 1 atom stereocenters. The Balaban J connectivity index is 1.47. The molecule has 2 aromatic rings. The van der Waals surface area contributed by atoms with Crippen molar-refractivity contribution in [3.63, 3.8) is 0 Å². The number of nitrogens with one attached hydrogen (secondary N) is 2. The molecule has 5 rings (SSSR count). The van der Waals surface area contributed by atoms with Gasteiger partial charge in [-0.25, -0.2) is 0 Å². The largest absolute Gasteiger partial charge is 0.401 e. The summed E-state index contributed by atoms with van der Waals surface area (Å²) in [7, 11) is 0. The maximum Gasteiger partial charge on any atom is 0.0605 e. The van der Waals surface area contributed by atoms with Crippen molar-refractivity contribution in [2.24, 2.45) is 5.73 Å². The van der Waals surface area contributed by atoms with Crippen LogP contribution in [0.3, 0.4) is 0 Å². The molecule has 0 amide bonds. The molecule has 2 aliphatic heterocycles. The summed E-state index contributed by atoms with van der Waals surface area (Å²) in [6.45, 7) is 5.04. The number of nitrogens with zero attached hydrogens (tertiary/aromatic N) is 1. The number of benzene rings is 2. The average Bonchev–Trinajstić information content (AvgIpc) is 2.98. The predicted octanol–water partition coefficient (Wildman–Crippen LogP) is 5.69. The first-order chi connectivity index (χ1) is 16.1. The highest BCUT2D eigenvalue weighted by Gasteiger charge is 2.27. The third-order valence-electron chi connectivity index (χ3n) is 7.31. The summed E-state index contributed by atoms with van der Waals surface area (Å²) >= 11 is 0.780. The van der Waals surface area contributed by atoms with Crippen molar-refractivity contribution < 1.29 is 4.55 Å². The first-order valence-electron chi connectivity index (χ1n) is 12.1. The Morgan fingerprint density at radius 1 is 1.18 bits per heavy atom. The molecule has 2 aromatic carbocycles.